The van der Waals surface area contributed by atoms with Crippen LogP contribution < -0.4 is 10.1 Å². The molecule has 4 heteroatoms. The summed E-state index contributed by atoms with van der Waals surface area (Å²) in [7, 11) is 0. The summed E-state index contributed by atoms with van der Waals surface area (Å²) in [4.78, 5) is 11.8. The van der Waals surface area contributed by atoms with Gasteiger partial charge in [-0.1, -0.05) is 12.1 Å². The summed E-state index contributed by atoms with van der Waals surface area (Å²) in [6.45, 7) is 4.55. The lowest BCUT2D eigenvalue weighted by Gasteiger charge is -2.10. The first-order chi connectivity index (χ1) is 10.6. The van der Waals surface area contributed by atoms with Crippen LogP contribution in [0.5, 0.6) is 5.75 Å². The van der Waals surface area contributed by atoms with E-state index in [1.807, 2.05) is 32.0 Å². The van der Waals surface area contributed by atoms with Gasteiger partial charge in [0.25, 0.3) is 0 Å². The minimum atomic E-state index is -0.320. The molecular formula is C18H20FNO2. The number of amides is 1. The van der Waals surface area contributed by atoms with Crippen molar-refractivity contribution in [1.82, 2.24) is 0 Å². The molecule has 2 aromatic rings. The molecule has 0 aromatic heterocycles. The second-order valence-electron chi connectivity index (χ2n) is 5.21. The van der Waals surface area contributed by atoms with Gasteiger partial charge in [0.2, 0.25) is 5.91 Å². The monoisotopic (exact) mass is 301 g/mol. The first-order valence-corrected chi connectivity index (χ1v) is 7.30. The molecule has 2 aromatic carbocycles. The first kappa shape index (κ1) is 16.0. The minimum absolute atomic E-state index is 0.101. The van der Waals surface area contributed by atoms with Gasteiger partial charge >= 0.3 is 0 Å². The second-order valence-corrected chi connectivity index (χ2v) is 5.21. The molecule has 0 fully saturated rings. The Morgan fingerprint density at radius 3 is 2.59 bits per heavy atom. The number of ether oxygens (including phenoxy) is 1. The molecule has 2 rings (SSSR count). The average Bonchev–Trinajstić information content (AvgIpc) is 2.50. The maximum atomic E-state index is 12.8. The molecular weight excluding hydrogens is 281 g/mol. The Kier molecular flexibility index (Phi) is 5.53. The van der Waals surface area contributed by atoms with Crippen molar-refractivity contribution in [2.75, 3.05) is 11.9 Å². The van der Waals surface area contributed by atoms with E-state index in [9.17, 15) is 9.18 Å². The maximum Gasteiger partial charge on any atom is 0.224 e. The van der Waals surface area contributed by atoms with E-state index in [1.165, 1.54) is 17.7 Å². The SMILES string of the molecule is Cc1cccc(OCCCC(=O)Nc2ccc(F)cc2)c1C. The predicted octanol–water partition coefficient (Wildman–Crippen LogP) is 4.24. The Balaban J connectivity index is 1.73. The zero-order chi connectivity index (χ0) is 15.9. The Morgan fingerprint density at radius 1 is 1.14 bits per heavy atom. The molecule has 1 N–H and O–H groups in total. The number of aryl methyl sites for hydroxylation is 1. The summed E-state index contributed by atoms with van der Waals surface area (Å²) in [6, 6.07) is 11.6. The van der Waals surface area contributed by atoms with Crippen molar-refractivity contribution < 1.29 is 13.9 Å². The maximum absolute atomic E-state index is 12.8. The molecule has 1 amide bonds. The quantitative estimate of drug-likeness (QED) is 0.810. The third-order valence-electron chi connectivity index (χ3n) is 3.49. The van der Waals surface area contributed by atoms with Crippen molar-refractivity contribution in [2.24, 2.45) is 0 Å². The van der Waals surface area contributed by atoms with Gasteiger partial charge in [-0.15, -0.1) is 0 Å². The number of hydrogen-bond donors (Lipinski definition) is 1. The van der Waals surface area contributed by atoms with E-state index in [-0.39, 0.29) is 11.7 Å². The van der Waals surface area contributed by atoms with Crippen LogP contribution in [0, 0.1) is 19.7 Å². The molecule has 0 aliphatic carbocycles. The van der Waals surface area contributed by atoms with Gasteiger partial charge in [-0.2, -0.15) is 0 Å². The fourth-order valence-corrected chi connectivity index (χ4v) is 2.05. The molecule has 0 aliphatic heterocycles. The van der Waals surface area contributed by atoms with Gasteiger partial charge in [0.15, 0.2) is 0 Å². The number of carbonyl (C=O) groups excluding carboxylic acids is 1. The molecule has 0 bridgehead atoms. The van der Waals surface area contributed by atoms with Crippen LogP contribution >= 0.6 is 0 Å². The lowest BCUT2D eigenvalue weighted by molar-refractivity contribution is -0.116. The lowest BCUT2D eigenvalue weighted by Crippen LogP contribution is -2.12. The Morgan fingerprint density at radius 2 is 1.86 bits per heavy atom. The van der Waals surface area contributed by atoms with Gasteiger partial charge in [-0.05, 0) is 61.7 Å². The molecule has 3 nitrogen and oxygen atoms in total. The number of benzene rings is 2. The van der Waals surface area contributed by atoms with Crippen molar-refractivity contribution >= 4 is 11.6 Å². The van der Waals surface area contributed by atoms with E-state index in [4.69, 9.17) is 4.74 Å². The van der Waals surface area contributed by atoms with E-state index in [1.54, 1.807) is 12.1 Å². The molecule has 0 atom stereocenters. The second kappa shape index (κ2) is 7.59. The predicted molar refractivity (Wildman–Crippen MR) is 85.7 cm³/mol. The van der Waals surface area contributed by atoms with Crippen LogP contribution in [0.25, 0.3) is 0 Å². The number of carbonyl (C=O) groups is 1. The highest BCUT2D eigenvalue weighted by molar-refractivity contribution is 5.90. The Bertz CT molecular complexity index is 638. The molecule has 0 unspecified atom stereocenters. The highest BCUT2D eigenvalue weighted by Gasteiger charge is 2.04. The zero-order valence-corrected chi connectivity index (χ0v) is 12.9. The van der Waals surface area contributed by atoms with Crippen molar-refractivity contribution in [1.29, 1.82) is 0 Å². The number of rotatable bonds is 6. The summed E-state index contributed by atoms with van der Waals surface area (Å²) in [5.74, 6) is 0.440. The van der Waals surface area contributed by atoms with E-state index < -0.39 is 0 Å². The lowest BCUT2D eigenvalue weighted by atomic mass is 10.1. The first-order valence-electron chi connectivity index (χ1n) is 7.30. The molecule has 0 spiro atoms. The smallest absolute Gasteiger partial charge is 0.224 e. The van der Waals surface area contributed by atoms with Crippen LogP contribution in [0.3, 0.4) is 0 Å². The number of halogens is 1. The third-order valence-corrected chi connectivity index (χ3v) is 3.49. The van der Waals surface area contributed by atoms with E-state index >= 15 is 0 Å². The number of nitrogens with one attached hydrogen (secondary N) is 1. The largest absolute Gasteiger partial charge is 0.493 e. The molecule has 0 radical (unpaired) electrons. The third kappa shape index (κ3) is 4.58. The fraction of sp³-hybridized carbons (Fsp3) is 0.278. The zero-order valence-electron chi connectivity index (χ0n) is 12.9. The van der Waals surface area contributed by atoms with Crippen LogP contribution in [-0.4, -0.2) is 12.5 Å². The minimum Gasteiger partial charge on any atom is -0.493 e. The van der Waals surface area contributed by atoms with Crippen LogP contribution in [0.1, 0.15) is 24.0 Å². The fourth-order valence-electron chi connectivity index (χ4n) is 2.05. The molecule has 0 saturated heterocycles. The average molecular weight is 301 g/mol. The molecule has 0 saturated carbocycles. The van der Waals surface area contributed by atoms with E-state index in [2.05, 4.69) is 5.32 Å². The normalized spacial score (nSPS) is 10.3. The van der Waals surface area contributed by atoms with E-state index in [0.29, 0.717) is 25.1 Å². The van der Waals surface area contributed by atoms with Crippen LogP contribution in [0.15, 0.2) is 42.5 Å². The van der Waals surface area contributed by atoms with Crippen molar-refractivity contribution in [3.63, 3.8) is 0 Å². The topological polar surface area (TPSA) is 38.3 Å². The Hall–Kier alpha value is -2.36. The van der Waals surface area contributed by atoms with Gasteiger partial charge < -0.3 is 10.1 Å². The van der Waals surface area contributed by atoms with Gasteiger partial charge in [-0.3, -0.25) is 4.79 Å². The van der Waals surface area contributed by atoms with Crippen molar-refractivity contribution in [2.45, 2.75) is 26.7 Å². The van der Waals surface area contributed by atoms with Crippen molar-refractivity contribution in [3.05, 3.63) is 59.4 Å². The summed E-state index contributed by atoms with van der Waals surface area (Å²) in [5, 5.41) is 2.73. The summed E-state index contributed by atoms with van der Waals surface area (Å²) >= 11 is 0. The molecule has 116 valence electrons. The summed E-state index contributed by atoms with van der Waals surface area (Å²) in [5.41, 5.74) is 2.91. The van der Waals surface area contributed by atoms with Gasteiger partial charge in [0.1, 0.15) is 11.6 Å². The Labute approximate surface area is 130 Å². The highest BCUT2D eigenvalue weighted by atomic mass is 19.1. The number of anilines is 1. The van der Waals surface area contributed by atoms with Gasteiger partial charge in [-0.25, -0.2) is 4.39 Å². The van der Waals surface area contributed by atoms with Crippen LogP contribution in [0.4, 0.5) is 10.1 Å². The summed E-state index contributed by atoms with van der Waals surface area (Å²) < 4.78 is 18.5. The standard InChI is InChI=1S/C18H20FNO2/c1-13-5-3-6-17(14(13)2)22-12-4-7-18(21)20-16-10-8-15(19)9-11-16/h3,5-6,8-11H,4,7,12H2,1-2H3,(H,20,21). The molecule has 0 heterocycles. The summed E-state index contributed by atoms with van der Waals surface area (Å²) in [6.07, 6.45) is 0.989. The van der Waals surface area contributed by atoms with Crippen LogP contribution in [0.2, 0.25) is 0 Å². The molecule has 0 aliphatic rings. The van der Waals surface area contributed by atoms with Gasteiger partial charge in [0, 0.05) is 12.1 Å². The van der Waals surface area contributed by atoms with Crippen LogP contribution in [-0.2, 0) is 4.79 Å². The van der Waals surface area contributed by atoms with Gasteiger partial charge in [0.05, 0.1) is 6.61 Å². The highest BCUT2D eigenvalue weighted by Crippen LogP contribution is 2.20. The van der Waals surface area contributed by atoms with Crippen molar-refractivity contribution in [3.8, 4) is 5.75 Å². The molecule has 22 heavy (non-hydrogen) atoms. The van der Waals surface area contributed by atoms with E-state index in [0.717, 1.165) is 11.3 Å². The number of hydrogen-bond acceptors (Lipinski definition) is 2.